The van der Waals surface area contributed by atoms with Gasteiger partial charge in [-0.2, -0.15) is 0 Å². The first-order valence-electron chi connectivity index (χ1n) is 7.03. The van der Waals surface area contributed by atoms with E-state index >= 15 is 0 Å². The van der Waals surface area contributed by atoms with E-state index in [0.29, 0.717) is 12.1 Å². The van der Waals surface area contributed by atoms with Gasteiger partial charge in [0.25, 0.3) is 0 Å². The molecule has 4 nitrogen and oxygen atoms in total. The van der Waals surface area contributed by atoms with Crippen LogP contribution in [0.5, 0.6) is 5.75 Å². The van der Waals surface area contributed by atoms with Gasteiger partial charge in [-0.25, -0.2) is 9.18 Å². The summed E-state index contributed by atoms with van der Waals surface area (Å²) in [7, 11) is 1.38. The molecule has 0 radical (unpaired) electrons. The minimum Gasteiger partial charge on any atom is -0.494 e. The summed E-state index contributed by atoms with van der Waals surface area (Å²) in [5, 5.41) is 5.36. The number of ether oxygens (including phenoxy) is 1. The highest BCUT2D eigenvalue weighted by Gasteiger charge is 2.14. The second-order valence-electron chi connectivity index (χ2n) is 4.82. The Hall–Kier alpha value is -3.00. The molecule has 2 amide bonds. The smallest absolute Gasteiger partial charge is 0.319 e. The molecular formula is C18H17FN2O2. The molecule has 118 valence electrons. The summed E-state index contributed by atoms with van der Waals surface area (Å²) in [5.74, 6) is 2.11. The Morgan fingerprint density at radius 1 is 1.30 bits per heavy atom. The van der Waals surface area contributed by atoms with Gasteiger partial charge in [-0.1, -0.05) is 30.3 Å². The standard InChI is InChI=1S/C18H17FN2O2/c1-3-7-16(13-8-5-4-6-9-13)21-18(22)20-14-10-11-17(23-2)15(19)12-14/h1,4-6,8-12,16H,7H2,2H3,(H2,20,21,22)/t16-/m0/s1. The van der Waals surface area contributed by atoms with Gasteiger partial charge in [0.2, 0.25) is 0 Å². The zero-order valence-corrected chi connectivity index (χ0v) is 12.7. The molecular weight excluding hydrogens is 295 g/mol. The second kappa shape index (κ2) is 7.85. The van der Waals surface area contributed by atoms with E-state index in [4.69, 9.17) is 11.2 Å². The van der Waals surface area contributed by atoms with Crippen LogP contribution in [0.2, 0.25) is 0 Å². The summed E-state index contributed by atoms with van der Waals surface area (Å²) in [5.41, 5.74) is 1.23. The fourth-order valence-electron chi connectivity index (χ4n) is 2.12. The van der Waals surface area contributed by atoms with Crippen molar-refractivity contribution in [1.29, 1.82) is 0 Å². The highest BCUT2D eigenvalue weighted by molar-refractivity contribution is 5.89. The Labute approximate surface area is 134 Å². The number of hydrogen-bond acceptors (Lipinski definition) is 2. The van der Waals surface area contributed by atoms with Gasteiger partial charge in [0.15, 0.2) is 11.6 Å². The average molecular weight is 312 g/mol. The predicted molar refractivity (Wildman–Crippen MR) is 87.7 cm³/mol. The number of rotatable bonds is 5. The van der Waals surface area contributed by atoms with Gasteiger partial charge in [-0.3, -0.25) is 0 Å². The summed E-state index contributed by atoms with van der Waals surface area (Å²) in [6.07, 6.45) is 5.72. The SMILES string of the molecule is C#CC[C@H](NC(=O)Nc1ccc(OC)c(F)c1)c1ccccc1. The molecule has 2 rings (SSSR count). The number of benzene rings is 2. The molecule has 0 fully saturated rings. The van der Waals surface area contributed by atoms with Crippen molar-refractivity contribution >= 4 is 11.7 Å². The van der Waals surface area contributed by atoms with Gasteiger partial charge < -0.3 is 15.4 Å². The summed E-state index contributed by atoms with van der Waals surface area (Å²) >= 11 is 0. The Morgan fingerprint density at radius 3 is 2.65 bits per heavy atom. The van der Waals surface area contributed by atoms with Crippen LogP contribution in [0.15, 0.2) is 48.5 Å². The molecule has 0 aliphatic carbocycles. The van der Waals surface area contributed by atoms with Gasteiger partial charge in [-0.15, -0.1) is 12.3 Å². The van der Waals surface area contributed by atoms with Crippen LogP contribution in [0.4, 0.5) is 14.9 Å². The molecule has 0 aromatic heterocycles. The van der Waals surface area contributed by atoms with Crippen molar-refractivity contribution in [2.75, 3.05) is 12.4 Å². The van der Waals surface area contributed by atoms with E-state index < -0.39 is 11.8 Å². The van der Waals surface area contributed by atoms with Crippen molar-refractivity contribution in [2.24, 2.45) is 0 Å². The molecule has 2 N–H and O–H groups in total. The lowest BCUT2D eigenvalue weighted by Crippen LogP contribution is -2.32. The zero-order chi connectivity index (χ0) is 16.7. The van der Waals surface area contributed by atoms with Crippen molar-refractivity contribution in [3.63, 3.8) is 0 Å². The van der Waals surface area contributed by atoms with Crippen LogP contribution in [0.25, 0.3) is 0 Å². The lowest BCUT2D eigenvalue weighted by atomic mass is 10.0. The molecule has 0 unspecified atom stereocenters. The first-order valence-corrected chi connectivity index (χ1v) is 7.03. The van der Waals surface area contributed by atoms with E-state index in [0.717, 1.165) is 5.56 Å². The molecule has 0 spiro atoms. The van der Waals surface area contributed by atoms with E-state index in [1.54, 1.807) is 6.07 Å². The fourth-order valence-corrected chi connectivity index (χ4v) is 2.12. The van der Waals surface area contributed by atoms with E-state index in [1.807, 2.05) is 30.3 Å². The van der Waals surface area contributed by atoms with E-state index in [1.165, 1.54) is 19.2 Å². The molecule has 0 aliphatic rings. The van der Waals surface area contributed by atoms with Gasteiger partial charge in [-0.05, 0) is 17.7 Å². The maximum atomic E-state index is 13.6. The van der Waals surface area contributed by atoms with Gasteiger partial charge in [0.1, 0.15) is 0 Å². The Bertz CT molecular complexity index is 711. The van der Waals surface area contributed by atoms with Gasteiger partial charge in [0.05, 0.1) is 13.2 Å². The average Bonchev–Trinajstić information content (AvgIpc) is 2.55. The number of amides is 2. The lowest BCUT2D eigenvalue weighted by Gasteiger charge is -2.17. The Morgan fingerprint density at radius 2 is 2.04 bits per heavy atom. The quantitative estimate of drug-likeness (QED) is 0.827. The van der Waals surface area contributed by atoms with Crippen LogP contribution in [-0.4, -0.2) is 13.1 Å². The molecule has 1 atom stereocenters. The minimum absolute atomic E-state index is 0.116. The van der Waals surface area contributed by atoms with E-state index in [-0.39, 0.29) is 11.8 Å². The van der Waals surface area contributed by atoms with Crippen LogP contribution in [0.3, 0.4) is 0 Å². The summed E-state index contributed by atoms with van der Waals surface area (Å²) in [6, 6.07) is 12.8. The third-order valence-electron chi connectivity index (χ3n) is 3.24. The van der Waals surface area contributed by atoms with Crippen LogP contribution >= 0.6 is 0 Å². The maximum Gasteiger partial charge on any atom is 0.319 e. The molecule has 0 aliphatic heterocycles. The number of anilines is 1. The Balaban J connectivity index is 2.05. The Kier molecular flexibility index (Phi) is 5.59. The molecule has 2 aromatic rings. The first kappa shape index (κ1) is 16.4. The molecule has 2 aromatic carbocycles. The van der Waals surface area contributed by atoms with Crippen molar-refractivity contribution < 1.29 is 13.9 Å². The number of terminal acetylenes is 1. The van der Waals surface area contributed by atoms with Crippen molar-refractivity contribution in [2.45, 2.75) is 12.5 Å². The van der Waals surface area contributed by atoms with Gasteiger partial charge >= 0.3 is 6.03 Å². The molecule has 5 heteroatoms. The van der Waals surface area contributed by atoms with Crippen LogP contribution in [0.1, 0.15) is 18.0 Å². The number of carbonyl (C=O) groups is 1. The summed E-state index contributed by atoms with van der Waals surface area (Å²) in [4.78, 5) is 12.1. The number of halogens is 1. The largest absolute Gasteiger partial charge is 0.494 e. The van der Waals surface area contributed by atoms with Crippen molar-refractivity contribution in [1.82, 2.24) is 5.32 Å². The summed E-state index contributed by atoms with van der Waals surface area (Å²) < 4.78 is 18.5. The fraction of sp³-hybridized carbons (Fsp3) is 0.167. The van der Waals surface area contributed by atoms with Crippen molar-refractivity contribution in [3.05, 3.63) is 59.9 Å². The number of urea groups is 1. The molecule has 0 bridgehead atoms. The van der Waals surface area contributed by atoms with E-state index in [2.05, 4.69) is 16.6 Å². The third-order valence-corrected chi connectivity index (χ3v) is 3.24. The van der Waals surface area contributed by atoms with Crippen LogP contribution in [0, 0.1) is 18.2 Å². The number of nitrogens with one attached hydrogen (secondary N) is 2. The zero-order valence-electron chi connectivity index (χ0n) is 12.7. The lowest BCUT2D eigenvalue weighted by molar-refractivity contribution is 0.248. The summed E-state index contributed by atoms with van der Waals surface area (Å²) in [6.45, 7) is 0. The highest BCUT2D eigenvalue weighted by atomic mass is 19.1. The number of methoxy groups -OCH3 is 1. The predicted octanol–water partition coefficient (Wildman–Crippen LogP) is 3.72. The van der Waals surface area contributed by atoms with Crippen molar-refractivity contribution in [3.8, 4) is 18.1 Å². The normalized spacial score (nSPS) is 11.2. The van der Waals surface area contributed by atoms with E-state index in [9.17, 15) is 9.18 Å². The second-order valence-corrected chi connectivity index (χ2v) is 4.82. The number of carbonyl (C=O) groups excluding carboxylic acids is 1. The van der Waals surface area contributed by atoms with Crippen LogP contribution in [-0.2, 0) is 0 Å². The molecule has 23 heavy (non-hydrogen) atoms. The monoisotopic (exact) mass is 312 g/mol. The molecule has 0 heterocycles. The molecule has 0 saturated heterocycles. The molecule has 0 saturated carbocycles. The minimum atomic E-state index is -0.548. The number of hydrogen-bond donors (Lipinski definition) is 2. The topological polar surface area (TPSA) is 50.4 Å². The van der Waals surface area contributed by atoms with Gasteiger partial charge in [0, 0.05) is 18.2 Å². The van der Waals surface area contributed by atoms with Crippen LogP contribution < -0.4 is 15.4 Å². The highest BCUT2D eigenvalue weighted by Crippen LogP contribution is 2.21. The first-order chi connectivity index (χ1) is 11.1. The maximum absolute atomic E-state index is 13.6. The third kappa shape index (κ3) is 4.48.